The Hall–Kier alpha value is -3.60. The molecule has 158 valence electrons. The second-order valence-corrected chi connectivity index (χ2v) is 7.15. The van der Waals surface area contributed by atoms with E-state index in [9.17, 15) is 9.90 Å². The van der Waals surface area contributed by atoms with Crippen molar-refractivity contribution in [1.82, 2.24) is 0 Å². The third kappa shape index (κ3) is 3.67. The van der Waals surface area contributed by atoms with Gasteiger partial charge in [-0.1, -0.05) is 18.1 Å². The normalized spacial score (nSPS) is 14.6. The Morgan fingerprint density at radius 3 is 2.61 bits per heavy atom. The minimum atomic E-state index is -1.52. The predicted molar refractivity (Wildman–Crippen MR) is 125 cm³/mol. The van der Waals surface area contributed by atoms with E-state index in [0.717, 1.165) is 0 Å². The maximum atomic E-state index is 12.4. The molecule has 5 nitrogen and oxygen atoms in total. The molecule has 1 heterocycles. The minimum absolute atomic E-state index is 0.00772. The summed E-state index contributed by atoms with van der Waals surface area (Å²) in [5.41, 5.74) is 1.52. The molecular weight excluding hydrogens is 388 g/mol. The number of carbonyl (C=O) groups is 1. The van der Waals surface area contributed by atoms with Gasteiger partial charge in [-0.15, -0.1) is 0 Å². The quantitative estimate of drug-likeness (QED) is 0.396. The van der Waals surface area contributed by atoms with Crippen molar-refractivity contribution < 1.29 is 22.5 Å². The lowest BCUT2D eigenvalue weighted by molar-refractivity contribution is 0.0697. The van der Waals surface area contributed by atoms with E-state index in [-0.39, 0.29) is 34.6 Å². The molecule has 0 amide bonds. The Bertz CT molecular complexity index is 1650. The molecule has 0 spiro atoms. The molecule has 0 bridgehead atoms. The largest absolute Gasteiger partial charge is 0.478 e. The number of anilines is 1. The summed E-state index contributed by atoms with van der Waals surface area (Å²) in [6.07, 6.45) is 0. The van der Waals surface area contributed by atoms with Gasteiger partial charge in [0.1, 0.15) is 11.3 Å². The fraction of sp³-hybridized carbons (Fsp3) is 0.231. The zero-order valence-corrected chi connectivity index (χ0v) is 17.8. The number of nitrogens with one attached hydrogen (secondary N) is 1. The average molecular weight is 421 g/mol. The van der Waals surface area contributed by atoms with Crippen LogP contribution in [0.25, 0.3) is 33.4 Å². The van der Waals surface area contributed by atoms with Gasteiger partial charge < -0.3 is 14.8 Å². The van der Waals surface area contributed by atoms with Crippen LogP contribution in [-0.2, 0) is 0 Å². The number of aromatic carboxylic acids is 1. The monoisotopic (exact) mass is 420 g/mol. The highest BCUT2D eigenvalue weighted by molar-refractivity contribution is 6.08. The molecule has 0 fully saturated rings. The topological polar surface area (TPSA) is 74.8 Å². The summed E-state index contributed by atoms with van der Waals surface area (Å²) in [5.74, 6) is -1.47. The van der Waals surface area contributed by atoms with Crippen LogP contribution in [0.1, 0.15) is 43.6 Å². The summed E-state index contributed by atoms with van der Waals surface area (Å²) >= 11 is 0. The lowest BCUT2D eigenvalue weighted by atomic mass is 9.89. The molecule has 0 aromatic heterocycles. The highest BCUT2D eigenvalue weighted by Crippen LogP contribution is 2.42. The molecular formula is C26H26N2O3. The predicted octanol–water partition coefficient (Wildman–Crippen LogP) is 5.87. The molecule has 0 saturated carbocycles. The summed E-state index contributed by atoms with van der Waals surface area (Å²) in [4.78, 5) is 16.8. The van der Waals surface area contributed by atoms with Gasteiger partial charge in [0.15, 0.2) is 0 Å². The van der Waals surface area contributed by atoms with E-state index in [0.29, 0.717) is 46.2 Å². The van der Waals surface area contributed by atoms with Gasteiger partial charge in [0, 0.05) is 47.4 Å². The summed E-state index contributed by atoms with van der Waals surface area (Å²) < 4.78 is 57.2. The molecule has 0 radical (unpaired) electrons. The zero-order chi connectivity index (χ0) is 27.3. The van der Waals surface area contributed by atoms with Crippen molar-refractivity contribution in [1.29, 1.82) is 0 Å². The van der Waals surface area contributed by atoms with Crippen LogP contribution < -0.4 is 10.7 Å². The summed E-state index contributed by atoms with van der Waals surface area (Å²) in [5, 5.41) is 13.9. The maximum absolute atomic E-state index is 12.4. The van der Waals surface area contributed by atoms with Crippen LogP contribution in [0.2, 0.25) is 0 Å². The van der Waals surface area contributed by atoms with Crippen LogP contribution in [0, 0.1) is 13.8 Å². The first-order valence-electron chi connectivity index (χ1n) is 13.0. The smallest absolute Gasteiger partial charge is 0.336 e. The first-order chi connectivity index (χ1) is 17.5. The van der Waals surface area contributed by atoms with Gasteiger partial charge in [-0.25, -0.2) is 4.79 Å². The van der Waals surface area contributed by atoms with Crippen LogP contribution in [-0.4, -0.2) is 24.2 Å². The number of carboxylic acids is 1. The first-order valence-corrected chi connectivity index (χ1v) is 10.0. The Morgan fingerprint density at radius 1 is 1.13 bits per heavy atom. The van der Waals surface area contributed by atoms with Crippen LogP contribution >= 0.6 is 0 Å². The van der Waals surface area contributed by atoms with E-state index in [2.05, 4.69) is 10.3 Å². The summed E-state index contributed by atoms with van der Waals surface area (Å²) in [7, 11) is 0. The molecule has 0 unspecified atom stereocenters. The van der Waals surface area contributed by atoms with Crippen LogP contribution in [0.3, 0.4) is 0 Å². The molecule has 2 aromatic rings. The molecule has 4 rings (SSSR count). The van der Waals surface area contributed by atoms with Crippen molar-refractivity contribution in [2.24, 2.45) is 4.99 Å². The second-order valence-electron chi connectivity index (χ2n) is 7.15. The van der Waals surface area contributed by atoms with Gasteiger partial charge >= 0.3 is 5.97 Å². The summed E-state index contributed by atoms with van der Waals surface area (Å²) in [6.45, 7) is 8.21. The first kappa shape index (κ1) is 14.4. The minimum Gasteiger partial charge on any atom is -0.478 e. The molecule has 5 heteroatoms. The molecule has 31 heavy (non-hydrogen) atoms. The number of benzene rings is 3. The van der Waals surface area contributed by atoms with Crippen molar-refractivity contribution in [3.8, 4) is 22.5 Å². The van der Waals surface area contributed by atoms with E-state index < -0.39 is 35.7 Å². The maximum Gasteiger partial charge on any atom is 0.336 e. The third-order valence-electron chi connectivity index (χ3n) is 5.01. The van der Waals surface area contributed by atoms with E-state index >= 15 is 0 Å². The lowest BCUT2D eigenvalue weighted by Crippen LogP contribution is -2.09. The van der Waals surface area contributed by atoms with Crippen molar-refractivity contribution in [3.05, 3.63) is 70.4 Å². The Morgan fingerprint density at radius 2 is 1.90 bits per heavy atom. The number of aryl methyl sites for hydroxylation is 2. The van der Waals surface area contributed by atoms with Gasteiger partial charge in [0.05, 0.1) is 19.1 Å². The van der Waals surface area contributed by atoms with Crippen molar-refractivity contribution in [3.63, 3.8) is 0 Å². The Kier molecular flexibility index (Phi) is 3.84. The fourth-order valence-corrected chi connectivity index (χ4v) is 3.65. The number of nitrogens with zero attached hydrogens (tertiary/aromatic N) is 1. The standard InChI is InChI=1S/C26H26N2O3/c1-5-27-21-13-23-19(11-15(21)3)25(17-9-7-8-10-18(17)26(29)30)20-12-16(4)22(28-6-2)14-24(20)31-23/h7-14,27H,5-6H2,1-4H3,(H,29,30)/i7D,8D,9D,10D,13D,14D. The molecule has 1 aliphatic carbocycles. The number of fused-ring (bicyclic) bond motifs is 2. The number of hydrogen-bond acceptors (Lipinski definition) is 4. The third-order valence-corrected chi connectivity index (χ3v) is 5.01. The molecule has 2 N–H and O–H groups in total. The highest BCUT2D eigenvalue weighted by atomic mass is 16.4. The summed E-state index contributed by atoms with van der Waals surface area (Å²) in [6, 6.07) is 0.878. The van der Waals surface area contributed by atoms with E-state index in [1.54, 1.807) is 26.0 Å². The molecule has 2 aromatic carbocycles. The second kappa shape index (κ2) is 8.26. The molecule has 0 atom stereocenters. The van der Waals surface area contributed by atoms with Crippen molar-refractivity contribution in [2.45, 2.75) is 27.7 Å². The van der Waals surface area contributed by atoms with Crippen molar-refractivity contribution >= 4 is 22.6 Å². The molecule has 2 aliphatic rings. The number of hydrogen-bond donors (Lipinski definition) is 2. The van der Waals surface area contributed by atoms with Gasteiger partial charge in [0.2, 0.25) is 0 Å². The Labute approximate surface area is 189 Å². The lowest BCUT2D eigenvalue weighted by Gasteiger charge is -2.19. The van der Waals surface area contributed by atoms with Gasteiger partial charge in [0.25, 0.3) is 0 Å². The van der Waals surface area contributed by atoms with E-state index in [1.165, 1.54) is 0 Å². The van der Waals surface area contributed by atoms with Crippen molar-refractivity contribution in [2.75, 3.05) is 18.4 Å². The number of carboxylic acid groups (broad SMARTS) is 1. The fourth-order valence-electron chi connectivity index (χ4n) is 3.65. The van der Waals surface area contributed by atoms with Crippen LogP contribution in [0.15, 0.2) is 57.8 Å². The number of rotatable bonds is 5. The van der Waals surface area contributed by atoms with E-state index in [4.69, 9.17) is 12.6 Å². The highest BCUT2D eigenvalue weighted by Gasteiger charge is 2.22. The molecule has 0 saturated heterocycles. The van der Waals surface area contributed by atoms with Crippen LogP contribution in [0.4, 0.5) is 5.69 Å². The SMILES string of the molecule is [2H]c1c([2H])c([2H])c(-c2c3cc(C)c(=NCC)c([2H])c-3oc3c([2H])c(NCC)c(C)cc23)c(C(=O)O)c1[2H]. The average Bonchev–Trinajstić information content (AvgIpc) is 2.84. The zero-order valence-electron chi connectivity index (χ0n) is 23.8. The van der Waals surface area contributed by atoms with Gasteiger partial charge in [-0.05, 0) is 62.6 Å². The molecule has 1 aliphatic heterocycles. The Balaban J connectivity index is 2.40. The van der Waals surface area contributed by atoms with Gasteiger partial charge in [-0.3, -0.25) is 4.99 Å². The van der Waals surface area contributed by atoms with Gasteiger partial charge in [-0.2, -0.15) is 0 Å². The van der Waals surface area contributed by atoms with Crippen LogP contribution in [0.5, 0.6) is 0 Å². The van der Waals surface area contributed by atoms with E-state index in [1.807, 2.05) is 13.8 Å².